The van der Waals surface area contributed by atoms with E-state index in [1.807, 2.05) is 25.0 Å². The maximum absolute atomic E-state index is 11.3. The van der Waals surface area contributed by atoms with Gasteiger partial charge in [0.2, 0.25) is 5.91 Å². The van der Waals surface area contributed by atoms with Crippen LogP contribution in [0.25, 0.3) is 28.6 Å². The molecule has 1 fully saturated rings. The molecule has 3 heterocycles. The van der Waals surface area contributed by atoms with Crippen LogP contribution in [-0.4, -0.2) is 40.2 Å². The fourth-order valence-corrected chi connectivity index (χ4v) is 3.36. The Morgan fingerprint density at radius 3 is 2.52 bits per heavy atom. The van der Waals surface area contributed by atoms with E-state index >= 15 is 0 Å². The van der Waals surface area contributed by atoms with E-state index in [0.717, 1.165) is 22.6 Å². The third-order valence-corrected chi connectivity index (χ3v) is 5.09. The molecule has 1 aliphatic carbocycles. The molecule has 9 heteroatoms. The van der Waals surface area contributed by atoms with Gasteiger partial charge in [0.25, 0.3) is 0 Å². The molecule has 2 N–H and O–H groups in total. The maximum atomic E-state index is 11.3. The van der Waals surface area contributed by atoms with Gasteiger partial charge in [-0.15, -0.1) is 5.10 Å². The molecule has 0 saturated heterocycles. The lowest BCUT2D eigenvalue weighted by Gasteiger charge is -2.02. The van der Waals surface area contributed by atoms with Crippen LogP contribution in [0.15, 0.2) is 42.7 Å². The minimum Gasteiger partial charge on any atom is -0.366 e. The topological polar surface area (TPSA) is 109 Å². The predicted molar refractivity (Wildman–Crippen MR) is 106 cm³/mol. The van der Waals surface area contributed by atoms with Crippen molar-refractivity contribution in [3.63, 3.8) is 0 Å². The number of aryl methyl sites for hydroxylation is 2. The molecule has 0 unspecified atom stereocenters. The Balaban J connectivity index is 1.64. The van der Waals surface area contributed by atoms with Crippen LogP contribution >= 0.6 is 0 Å². The largest absolute Gasteiger partial charge is 0.366 e. The number of primary amides is 1. The minimum absolute atomic E-state index is 0.446. The summed E-state index contributed by atoms with van der Waals surface area (Å²) in [4.78, 5) is 16.1. The van der Waals surface area contributed by atoms with E-state index in [4.69, 9.17) is 15.8 Å². The molecule has 0 aliphatic heterocycles. The van der Waals surface area contributed by atoms with E-state index in [1.165, 1.54) is 12.8 Å². The lowest BCUT2D eigenvalue weighted by atomic mass is 10.1. The molecule has 0 bridgehead atoms. The highest BCUT2D eigenvalue weighted by atomic mass is 16.1. The highest BCUT2D eigenvalue weighted by Crippen LogP contribution is 2.40. The molecule has 1 aliphatic rings. The summed E-state index contributed by atoms with van der Waals surface area (Å²) >= 11 is 0. The quantitative estimate of drug-likeness (QED) is 0.563. The van der Waals surface area contributed by atoms with Crippen molar-refractivity contribution >= 4 is 5.91 Å². The summed E-state index contributed by atoms with van der Waals surface area (Å²) in [7, 11) is 3.78. The Labute approximate surface area is 166 Å². The van der Waals surface area contributed by atoms with Crippen LogP contribution in [0.3, 0.4) is 0 Å². The minimum atomic E-state index is -0.464. The number of aromatic nitrogens is 7. The average Bonchev–Trinajstić information content (AvgIpc) is 3.13. The maximum Gasteiger partial charge on any atom is 0.248 e. The fourth-order valence-electron chi connectivity index (χ4n) is 3.36. The highest BCUT2D eigenvalue weighted by Gasteiger charge is 2.28. The van der Waals surface area contributed by atoms with E-state index in [0.29, 0.717) is 23.1 Å². The second kappa shape index (κ2) is 6.40. The third kappa shape index (κ3) is 3.10. The van der Waals surface area contributed by atoms with Crippen molar-refractivity contribution in [2.24, 2.45) is 19.8 Å². The van der Waals surface area contributed by atoms with Crippen molar-refractivity contribution in [2.45, 2.75) is 18.8 Å². The first kappa shape index (κ1) is 17.4. The summed E-state index contributed by atoms with van der Waals surface area (Å²) in [5.74, 6) is 1.32. The van der Waals surface area contributed by atoms with Gasteiger partial charge in [0, 0.05) is 31.1 Å². The third-order valence-electron chi connectivity index (χ3n) is 5.09. The van der Waals surface area contributed by atoms with Gasteiger partial charge in [-0.1, -0.05) is 12.1 Å². The van der Waals surface area contributed by atoms with Gasteiger partial charge in [0.05, 0.1) is 18.1 Å². The van der Waals surface area contributed by atoms with Crippen LogP contribution in [0.5, 0.6) is 0 Å². The van der Waals surface area contributed by atoms with Gasteiger partial charge in [0.15, 0.2) is 11.6 Å². The molecule has 29 heavy (non-hydrogen) atoms. The van der Waals surface area contributed by atoms with Gasteiger partial charge in [-0.3, -0.25) is 14.2 Å². The molecule has 146 valence electrons. The number of benzene rings is 1. The number of rotatable bonds is 5. The van der Waals surface area contributed by atoms with Crippen molar-refractivity contribution < 1.29 is 4.79 Å². The van der Waals surface area contributed by atoms with E-state index in [2.05, 4.69) is 16.3 Å². The molecule has 9 nitrogen and oxygen atoms in total. The molecule has 3 aromatic heterocycles. The zero-order valence-electron chi connectivity index (χ0n) is 16.1. The Morgan fingerprint density at radius 1 is 1.14 bits per heavy atom. The average molecular weight is 388 g/mol. The monoisotopic (exact) mass is 388 g/mol. The fraction of sp³-hybridized carbons (Fsp3) is 0.250. The summed E-state index contributed by atoms with van der Waals surface area (Å²) < 4.78 is 5.35. The van der Waals surface area contributed by atoms with Crippen LogP contribution in [0.2, 0.25) is 0 Å². The van der Waals surface area contributed by atoms with E-state index < -0.39 is 5.91 Å². The lowest BCUT2D eigenvalue weighted by Crippen LogP contribution is -2.10. The zero-order valence-corrected chi connectivity index (χ0v) is 16.1. The first-order valence-electron chi connectivity index (χ1n) is 9.40. The second-order valence-corrected chi connectivity index (χ2v) is 7.34. The summed E-state index contributed by atoms with van der Waals surface area (Å²) in [5, 5.41) is 13.6. The first-order valence-corrected chi connectivity index (χ1v) is 9.40. The molecule has 5 rings (SSSR count). The Hall–Kier alpha value is -3.75. The van der Waals surface area contributed by atoms with E-state index in [-0.39, 0.29) is 0 Å². The molecule has 0 radical (unpaired) electrons. The molecule has 0 spiro atoms. The standard InChI is InChI=1S/C20H20N8O/c1-26-11-15(10-22-26)28-20(17-9-16(12-3-4-12)24-27(17)2)23-19(25-28)14-7-5-13(6-8-14)18(21)29/h5-12H,3-4H2,1-2H3,(H2,21,29). The number of hydrogen-bond acceptors (Lipinski definition) is 5. The molecule has 1 saturated carbocycles. The molecular formula is C20H20N8O. The molecular weight excluding hydrogens is 368 g/mol. The van der Waals surface area contributed by atoms with Gasteiger partial charge in [0.1, 0.15) is 11.4 Å². The van der Waals surface area contributed by atoms with Crippen molar-refractivity contribution in [3.8, 4) is 28.6 Å². The number of carbonyl (C=O) groups is 1. The number of amides is 1. The number of hydrogen-bond donors (Lipinski definition) is 1. The smallest absolute Gasteiger partial charge is 0.248 e. The Kier molecular flexibility index (Phi) is 3.83. The second-order valence-electron chi connectivity index (χ2n) is 7.34. The van der Waals surface area contributed by atoms with Crippen LogP contribution in [0.1, 0.15) is 34.8 Å². The number of nitrogens with two attached hydrogens (primary N) is 1. The molecule has 1 amide bonds. The zero-order chi connectivity index (χ0) is 20.1. The van der Waals surface area contributed by atoms with Crippen molar-refractivity contribution in [1.29, 1.82) is 0 Å². The van der Waals surface area contributed by atoms with E-state index in [1.54, 1.807) is 39.8 Å². The van der Waals surface area contributed by atoms with Crippen molar-refractivity contribution in [1.82, 2.24) is 34.3 Å². The van der Waals surface area contributed by atoms with Crippen LogP contribution in [0, 0.1) is 0 Å². The summed E-state index contributed by atoms with van der Waals surface area (Å²) in [5.41, 5.74) is 9.38. The normalized spacial score (nSPS) is 13.7. The van der Waals surface area contributed by atoms with Crippen molar-refractivity contribution in [3.05, 3.63) is 54.0 Å². The predicted octanol–water partition coefficient (Wildman–Crippen LogP) is 2.04. The Morgan fingerprint density at radius 2 is 1.90 bits per heavy atom. The summed E-state index contributed by atoms with van der Waals surface area (Å²) in [6.45, 7) is 0. The van der Waals surface area contributed by atoms with Gasteiger partial charge in [-0.25, -0.2) is 9.67 Å². The summed E-state index contributed by atoms with van der Waals surface area (Å²) in [6.07, 6.45) is 6.00. The Bertz CT molecular complexity index is 1210. The molecule has 4 aromatic rings. The number of nitrogens with zero attached hydrogens (tertiary/aromatic N) is 7. The van der Waals surface area contributed by atoms with Crippen LogP contribution in [0.4, 0.5) is 0 Å². The summed E-state index contributed by atoms with van der Waals surface area (Å²) in [6, 6.07) is 9.04. The van der Waals surface area contributed by atoms with Crippen LogP contribution in [-0.2, 0) is 14.1 Å². The van der Waals surface area contributed by atoms with Crippen LogP contribution < -0.4 is 5.73 Å². The molecule has 0 atom stereocenters. The van der Waals surface area contributed by atoms with Gasteiger partial charge < -0.3 is 5.73 Å². The lowest BCUT2D eigenvalue weighted by molar-refractivity contribution is 0.100. The first-order chi connectivity index (χ1) is 14.0. The van der Waals surface area contributed by atoms with Crippen molar-refractivity contribution in [2.75, 3.05) is 0 Å². The van der Waals surface area contributed by atoms with Gasteiger partial charge in [-0.2, -0.15) is 10.2 Å². The van der Waals surface area contributed by atoms with E-state index in [9.17, 15) is 4.79 Å². The van der Waals surface area contributed by atoms with Gasteiger partial charge >= 0.3 is 0 Å². The SMILES string of the molecule is Cn1cc(-n2nc(-c3ccc(C(N)=O)cc3)nc2-c2cc(C3CC3)nn2C)cn1. The molecule has 1 aromatic carbocycles. The van der Waals surface area contributed by atoms with Gasteiger partial charge in [-0.05, 0) is 31.0 Å². The number of carbonyl (C=O) groups excluding carboxylic acids is 1. The highest BCUT2D eigenvalue weighted by molar-refractivity contribution is 5.93.